The Morgan fingerprint density at radius 1 is 1.05 bits per heavy atom. The molecule has 0 bridgehead atoms. The van der Waals surface area contributed by atoms with Crippen molar-refractivity contribution in [3.05, 3.63) is 65.0 Å². The number of ether oxygens (including phenoxy) is 1. The van der Waals surface area contributed by atoms with Gasteiger partial charge in [0.2, 0.25) is 0 Å². The summed E-state index contributed by atoms with van der Waals surface area (Å²) in [5.74, 6) is -0.503. The Labute approximate surface area is 118 Å². The van der Waals surface area contributed by atoms with E-state index in [0.29, 0.717) is 0 Å². The molecule has 0 radical (unpaired) electrons. The van der Waals surface area contributed by atoms with E-state index in [1.807, 2.05) is 0 Å². The zero-order valence-electron chi connectivity index (χ0n) is 10.6. The van der Waals surface area contributed by atoms with Gasteiger partial charge in [-0.25, -0.2) is 4.39 Å². The van der Waals surface area contributed by atoms with Gasteiger partial charge in [-0.3, -0.25) is 0 Å². The summed E-state index contributed by atoms with van der Waals surface area (Å²) in [5.41, 5.74) is -0.732. The molecule has 0 amide bonds. The third-order valence-electron chi connectivity index (χ3n) is 2.78. The van der Waals surface area contributed by atoms with Gasteiger partial charge in [-0.15, -0.1) is 0 Å². The van der Waals surface area contributed by atoms with Crippen LogP contribution in [0.25, 0.3) is 0 Å². The summed E-state index contributed by atoms with van der Waals surface area (Å²) in [4.78, 5) is 0. The molecule has 0 saturated carbocycles. The largest absolute Gasteiger partial charge is 0.489 e. The standard InChI is InChI=1S/C15H9F4NO/c16-14-10(8-20)2-1-3-11(14)9-21-13-6-4-12(5-7-13)15(17,18)19/h1-7H,9H2. The van der Waals surface area contributed by atoms with Gasteiger partial charge in [-0.2, -0.15) is 18.4 Å². The van der Waals surface area contributed by atoms with Crippen LogP contribution in [-0.4, -0.2) is 0 Å². The Bertz CT molecular complexity index is 672. The van der Waals surface area contributed by atoms with E-state index in [4.69, 9.17) is 10.00 Å². The van der Waals surface area contributed by atoms with Crippen LogP contribution in [0.2, 0.25) is 0 Å². The van der Waals surface area contributed by atoms with E-state index in [9.17, 15) is 17.6 Å². The molecule has 108 valence electrons. The van der Waals surface area contributed by atoms with E-state index in [2.05, 4.69) is 0 Å². The lowest BCUT2D eigenvalue weighted by atomic mass is 10.1. The van der Waals surface area contributed by atoms with Crippen molar-refractivity contribution in [1.29, 1.82) is 5.26 Å². The molecule has 0 fully saturated rings. The predicted molar refractivity (Wildman–Crippen MR) is 66.9 cm³/mol. The highest BCUT2D eigenvalue weighted by Crippen LogP contribution is 2.30. The van der Waals surface area contributed by atoms with Gasteiger partial charge in [-0.1, -0.05) is 12.1 Å². The van der Waals surface area contributed by atoms with E-state index in [1.165, 1.54) is 18.2 Å². The molecule has 2 aromatic carbocycles. The van der Waals surface area contributed by atoms with Gasteiger partial charge in [-0.05, 0) is 30.3 Å². The van der Waals surface area contributed by atoms with Crippen molar-refractivity contribution in [2.75, 3.05) is 0 Å². The molecule has 0 atom stereocenters. The van der Waals surface area contributed by atoms with Gasteiger partial charge >= 0.3 is 6.18 Å². The highest BCUT2D eigenvalue weighted by molar-refractivity contribution is 5.35. The van der Waals surface area contributed by atoms with Crippen LogP contribution in [0.5, 0.6) is 5.75 Å². The average molecular weight is 295 g/mol. The molecule has 0 heterocycles. The predicted octanol–water partition coefficient (Wildman–Crippen LogP) is 4.30. The Hall–Kier alpha value is -2.55. The summed E-state index contributed by atoms with van der Waals surface area (Å²) in [6, 6.07) is 10.1. The summed E-state index contributed by atoms with van der Waals surface area (Å²) in [6.45, 7) is -0.174. The highest BCUT2D eigenvalue weighted by Gasteiger charge is 2.30. The fraction of sp³-hybridized carbons (Fsp3) is 0.133. The molecule has 0 aromatic heterocycles. The molecule has 0 aliphatic carbocycles. The van der Waals surface area contributed by atoms with Crippen LogP contribution in [0.3, 0.4) is 0 Å². The summed E-state index contributed by atoms with van der Waals surface area (Å²) < 4.78 is 56.1. The van der Waals surface area contributed by atoms with Crippen LogP contribution in [0, 0.1) is 17.1 Å². The molecular formula is C15H9F4NO. The number of benzene rings is 2. The molecule has 2 rings (SSSR count). The van der Waals surface area contributed by atoms with E-state index in [-0.39, 0.29) is 23.5 Å². The zero-order valence-corrected chi connectivity index (χ0v) is 10.6. The van der Waals surface area contributed by atoms with Crippen LogP contribution in [0.15, 0.2) is 42.5 Å². The second-order valence-electron chi connectivity index (χ2n) is 4.20. The summed E-state index contributed by atoms with van der Waals surface area (Å²) in [7, 11) is 0. The SMILES string of the molecule is N#Cc1cccc(COc2ccc(C(F)(F)F)cc2)c1F. The lowest BCUT2D eigenvalue weighted by Crippen LogP contribution is -2.05. The maximum Gasteiger partial charge on any atom is 0.416 e. The van der Waals surface area contributed by atoms with E-state index in [1.54, 1.807) is 6.07 Å². The van der Waals surface area contributed by atoms with Crippen molar-refractivity contribution >= 4 is 0 Å². The lowest BCUT2D eigenvalue weighted by Gasteiger charge is -2.10. The van der Waals surface area contributed by atoms with Gasteiger partial charge in [0.05, 0.1) is 11.1 Å². The fourth-order valence-corrected chi connectivity index (χ4v) is 1.68. The number of halogens is 4. The minimum atomic E-state index is -4.41. The summed E-state index contributed by atoms with van der Waals surface area (Å²) in [6.07, 6.45) is -4.41. The molecule has 0 aliphatic rings. The van der Waals surface area contributed by atoms with Crippen molar-refractivity contribution in [3.8, 4) is 11.8 Å². The zero-order chi connectivity index (χ0) is 15.5. The molecule has 0 unspecified atom stereocenters. The van der Waals surface area contributed by atoms with Gasteiger partial charge < -0.3 is 4.74 Å². The molecule has 0 saturated heterocycles. The maximum absolute atomic E-state index is 13.7. The van der Waals surface area contributed by atoms with Gasteiger partial charge in [0.15, 0.2) is 0 Å². The fourth-order valence-electron chi connectivity index (χ4n) is 1.68. The molecule has 0 spiro atoms. The number of alkyl halides is 3. The highest BCUT2D eigenvalue weighted by atomic mass is 19.4. The number of hydrogen-bond acceptors (Lipinski definition) is 2. The Balaban J connectivity index is 2.09. The summed E-state index contributed by atoms with van der Waals surface area (Å²) in [5, 5.41) is 8.70. The number of hydrogen-bond donors (Lipinski definition) is 0. The van der Waals surface area contributed by atoms with Crippen LogP contribution >= 0.6 is 0 Å². The number of nitriles is 1. The monoisotopic (exact) mass is 295 g/mol. The molecule has 2 nitrogen and oxygen atoms in total. The minimum Gasteiger partial charge on any atom is -0.489 e. The molecule has 2 aromatic rings. The normalized spacial score (nSPS) is 11.0. The van der Waals surface area contributed by atoms with Crippen LogP contribution in [0.1, 0.15) is 16.7 Å². The summed E-state index contributed by atoms with van der Waals surface area (Å²) >= 11 is 0. The van der Waals surface area contributed by atoms with E-state index >= 15 is 0 Å². The third-order valence-corrected chi connectivity index (χ3v) is 2.78. The Morgan fingerprint density at radius 2 is 1.71 bits per heavy atom. The first-order valence-electron chi connectivity index (χ1n) is 5.89. The van der Waals surface area contributed by atoms with Crippen molar-refractivity contribution < 1.29 is 22.3 Å². The molecule has 6 heteroatoms. The molecule has 21 heavy (non-hydrogen) atoms. The number of rotatable bonds is 3. The van der Waals surface area contributed by atoms with E-state index < -0.39 is 17.6 Å². The second kappa shape index (κ2) is 5.83. The lowest BCUT2D eigenvalue weighted by molar-refractivity contribution is -0.137. The maximum atomic E-state index is 13.7. The van der Waals surface area contributed by atoms with Crippen molar-refractivity contribution in [3.63, 3.8) is 0 Å². The molecular weight excluding hydrogens is 286 g/mol. The van der Waals surface area contributed by atoms with Crippen molar-refractivity contribution in [1.82, 2.24) is 0 Å². The quantitative estimate of drug-likeness (QED) is 0.791. The Morgan fingerprint density at radius 3 is 2.29 bits per heavy atom. The average Bonchev–Trinajstić information content (AvgIpc) is 2.46. The van der Waals surface area contributed by atoms with Gasteiger partial charge in [0.1, 0.15) is 24.2 Å². The van der Waals surface area contributed by atoms with Gasteiger partial charge in [0, 0.05) is 5.56 Å². The van der Waals surface area contributed by atoms with Crippen molar-refractivity contribution in [2.24, 2.45) is 0 Å². The third kappa shape index (κ3) is 3.51. The number of nitrogens with zero attached hydrogens (tertiary/aromatic N) is 1. The van der Waals surface area contributed by atoms with E-state index in [0.717, 1.165) is 24.3 Å². The molecule has 0 aliphatic heterocycles. The second-order valence-corrected chi connectivity index (χ2v) is 4.20. The first-order valence-corrected chi connectivity index (χ1v) is 5.89. The molecule has 0 N–H and O–H groups in total. The van der Waals surface area contributed by atoms with Crippen LogP contribution in [-0.2, 0) is 12.8 Å². The van der Waals surface area contributed by atoms with Gasteiger partial charge in [0.25, 0.3) is 0 Å². The van der Waals surface area contributed by atoms with Crippen LogP contribution < -0.4 is 4.74 Å². The topological polar surface area (TPSA) is 33.0 Å². The Kier molecular flexibility index (Phi) is 4.13. The first kappa shape index (κ1) is 14.9. The van der Waals surface area contributed by atoms with Crippen molar-refractivity contribution in [2.45, 2.75) is 12.8 Å². The van der Waals surface area contributed by atoms with Crippen LogP contribution in [0.4, 0.5) is 17.6 Å². The smallest absolute Gasteiger partial charge is 0.416 e. The first-order chi connectivity index (χ1) is 9.91. The minimum absolute atomic E-state index is 0.108.